The summed E-state index contributed by atoms with van der Waals surface area (Å²) in [4.78, 5) is 4.10. The summed E-state index contributed by atoms with van der Waals surface area (Å²) in [5.74, 6) is -0.189. The van der Waals surface area contributed by atoms with Gasteiger partial charge in [0.05, 0.1) is 5.69 Å². The number of halogens is 1. The predicted molar refractivity (Wildman–Crippen MR) is 67.6 cm³/mol. The van der Waals surface area contributed by atoms with Gasteiger partial charge in [-0.05, 0) is 36.8 Å². The van der Waals surface area contributed by atoms with Crippen molar-refractivity contribution in [3.63, 3.8) is 0 Å². The summed E-state index contributed by atoms with van der Waals surface area (Å²) in [5, 5.41) is 0. The van der Waals surface area contributed by atoms with Crippen LogP contribution >= 0.6 is 0 Å². The molecular weight excluding hydrogens is 231 g/mol. The first-order valence-corrected chi connectivity index (χ1v) is 5.74. The SMILES string of the molecule is C[C@H](N)c1ccc(OCc2ccccn2)c(F)c1. The lowest BCUT2D eigenvalue weighted by Crippen LogP contribution is -2.06. The Hall–Kier alpha value is -1.94. The first-order valence-electron chi connectivity index (χ1n) is 5.74. The van der Waals surface area contributed by atoms with E-state index in [9.17, 15) is 4.39 Å². The Morgan fingerprint density at radius 2 is 2.17 bits per heavy atom. The van der Waals surface area contributed by atoms with Crippen LogP contribution in [0.2, 0.25) is 0 Å². The van der Waals surface area contributed by atoms with E-state index in [0.717, 1.165) is 11.3 Å². The van der Waals surface area contributed by atoms with Crippen LogP contribution in [0.3, 0.4) is 0 Å². The summed E-state index contributed by atoms with van der Waals surface area (Å²) >= 11 is 0. The van der Waals surface area contributed by atoms with Gasteiger partial charge in [-0.2, -0.15) is 0 Å². The zero-order valence-corrected chi connectivity index (χ0v) is 10.1. The van der Waals surface area contributed by atoms with Gasteiger partial charge in [-0.25, -0.2) is 4.39 Å². The smallest absolute Gasteiger partial charge is 0.165 e. The zero-order chi connectivity index (χ0) is 13.0. The van der Waals surface area contributed by atoms with Gasteiger partial charge < -0.3 is 10.5 Å². The molecule has 4 heteroatoms. The Morgan fingerprint density at radius 3 is 2.78 bits per heavy atom. The van der Waals surface area contributed by atoms with Gasteiger partial charge in [0.15, 0.2) is 11.6 Å². The van der Waals surface area contributed by atoms with Gasteiger partial charge in [0.25, 0.3) is 0 Å². The van der Waals surface area contributed by atoms with Crippen molar-refractivity contribution < 1.29 is 9.13 Å². The fourth-order valence-electron chi connectivity index (χ4n) is 1.55. The van der Waals surface area contributed by atoms with Crippen LogP contribution < -0.4 is 10.5 Å². The molecule has 2 aromatic rings. The number of benzene rings is 1. The van der Waals surface area contributed by atoms with Crippen LogP contribution in [0.25, 0.3) is 0 Å². The lowest BCUT2D eigenvalue weighted by molar-refractivity contribution is 0.285. The second kappa shape index (κ2) is 5.60. The summed E-state index contributed by atoms with van der Waals surface area (Å²) in [7, 11) is 0. The Labute approximate surface area is 105 Å². The molecule has 1 aromatic heterocycles. The molecule has 0 aliphatic carbocycles. The first kappa shape index (κ1) is 12.5. The van der Waals surface area contributed by atoms with Crippen molar-refractivity contribution in [2.75, 3.05) is 0 Å². The maximum absolute atomic E-state index is 13.7. The van der Waals surface area contributed by atoms with Crippen molar-refractivity contribution >= 4 is 0 Å². The van der Waals surface area contributed by atoms with Crippen molar-refractivity contribution in [2.24, 2.45) is 5.73 Å². The maximum atomic E-state index is 13.7. The third-order valence-electron chi connectivity index (χ3n) is 2.58. The molecule has 0 fully saturated rings. The molecule has 1 aromatic carbocycles. The molecule has 1 heterocycles. The third kappa shape index (κ3) is 3.05. The number of hydrogen-bond acceptors (Lipinski definition) is 3. The van der Waals surface area contributed by atoms with Crippen molar-refractivity contribution in [3.8, 4) is 5.75 Å². The maximum Gasteiger partial charge on any atom is 0.165 e. The normalized spacial score (nSPS) is 12.2. The standard InChI is InChI=1S/C14H15FN2O/c1-10(16)11-5-6-14(13(15)8-11)18-9-12-4-2-3-7-17-12/h2-8,10H,9,16H2,1H3/t10-/m0/s1. The second-order valence-electron chi connectivity index (χ2n) is 4.09. The van der Waals surface area contributed by atoms with Crippen LogP contribution in [0.5, 0.6) is 5.75 Å². The quantitative estimate of drug-likeness (QED) is 0.902. The molecule has 0 bridgehead atoms. The van der Waals surface area contributed by atoms with E-state index < -0.39 is 5.82 Å². The number of rotatable bonds is 4. The highest BCUT2D eigenvalue weighted by Gasteiger charge is 2.07. The molecule has 1 atom stereocenters. The minimum atomic E-state index is -0.402. The van der Waals surface area contributed by atoms with E-state index in [1.54, 1.807) is 18.3 Å². The monoisotopic (exact) mass is 246 g/mol. The van der Waals surface area contributed by atoms with Crippen LogP contribution in [0.4, 0.5) is 4.39 Å². The molecule has 94 valence electrons. The zero-order valence-electron chi connectivity index (χ0n) is 10.1. The second-order valence-corrected chi connectivity index (χ2v) is 4.09. The Morgan fingerprint density at radius 1 is 1.33 bits per heavy atom. The van der Waals surface area contributed by atoms with E-state index in [-0.39, 0.29) is 18.4 Å². The molecule has 2 N–H and O–H groups in total. The topological polar surface area (TPSA) is 48.1 Å². The summed E-state index contributed by atoms with van der Waals surface area (Å²) in [6.07, 6.45) is 1.67. The lowest BCUT2D eigenvalue weighted by Gasteiger charge is -2.10. The molecule has 0 amide bonds. The Bertz CT molecular complexity index is 514. The average molecular weight is 246 g/mol. The molecule has 18 heavy (non-hydrogen) atoms. The van der Waals surface area contributed by atoms with E-state index in [0.29, 0.717) is 0 Å². The minimum Gasteiger partial charge on any atom is -0.484 e. The van der Waals surface area contributed by atoms with Gasteiger partial charge in [0.2, 0.25) is 0 Å². The number of pyridine rings is 1. The molecule has 0 spiro atoms. The largest absolute Gasteiger partial charge is 0.484 e. The Balaban J connectivity index is 2.06. The number of nitrogens with two attached hydrogens (primary N) is 1. The van der Waals surface area contributed by atoms with Gasteiger partial charge in [-0.15, -0.1) is 0 Å². The highest BCUT2D eigenvalue weighted by molar-refractivity contribution is 5.30. The van der Waals surface area contributed by atoms with Crippen LogP contribution in [0.15, 0.2) is 42.6 Å². The summed E-state index contributed by atoms with van der Waals surface area (Å²) < 4.78 is 19.1. The van der Waals surface area contributed by atoms with Crippen LogP contribution in [0, 0.1) is 5.82 Å². The lowest BCUT2D eigenvalue weighted by atomic mass is 10.1. The minimum absolute atomic E-state index is 0.190. The van der Waals surface area contributed by atoms with Gasteiger partial charge >= 0.3 is 0 Å². The molecule has 0 unspecified atom stereocenters. The van der Waals surface area contributed by atoms with Crippen molar-refractivity contribution in [2.45, 2.75) is 19.6 Å². The van der Waals surface area contributed by atoms with Crippen LogP contribution in [-0.4, -0.2) is 4.98 Å². The highest BCUT2D eigenvalue weighted by atomic mass is 19.1. The van der Waals surface area contributed by atoms with Gasteiger partial charge in [0, 0.05) is 12.2 Å². The van der Waals surface area contributed by atoms with Gasteiger partial charge in [-0.3, -0.25) is 4.98 Å². The molecule has 2 rings (SSSR count). The van der Waals surface area contributed by atoms with E-state index >= 15 is 0 Å². The predicted octanol–water partition coefficient (Wildman–Crippen LogP) is 2.82. The molecule has 0 saturated heterocycles. The van der Waals surface area contributed by atoms with Crippen LogP contribution in [-0.2, 0) is 6.61 Å². The Kier molecular flexibility index (Phi) is 3.89. The van der Waals surface area contributed by atoms with Crippen molar-refractivity contribution in [1.29, 1.82) is 0 Å². The molecule has 0 radical (unpaired) electrons. The molecular formula is C14H15FN2O. The van der Waals surface area contributed by atoms with Crippen molar-refractivity contribution in [1.82, 2.24) is 4.98 Å². The first-order chi connectivity index (χ1) is 8.66. The molecule has 0 saturated carbocycles. The van der Waals surface area contributed by atoms with E-state index in [1.807, 2.05) is 25.1 Å². The average Bonchev–Trinajstić information content (AvgIpc) is 2.38. The molecule has 0 aliphatic rings. The summed E-state index contributed by atoms with van der Waals surface area (Å²) in [5.41, 5.74) is 7.19. The summed E-state index contributed by atoms with van der Waals surface area (Å²) in [6, 6.07) is 10.1. The number of hydrogen-bond donors (Lipinski definition) is 1. The number of ether oxygens (including phenoxy) is 1. The summed E-state index contributed by atoms with van der Waals surface area (Å²) in [6.45, 7) is 2.05. The molecule has 0 aliphatic heterocycles. The fraction of sp³-hybridized carbons (Fsp3) is 0.214. The number of aromatic nitrogens is 1. The number of nitrogens with zero attached hydrogens (tertiary/aromatic N) is 1. The van der Waals surface area contributed by atoms with Gasteiger partial charge in [0.1, 0.15) is 6.61 Å². The van der Waals surface area contributed by atoms with E-state index in [1.165, 1.54) is 6.07 Å². The van der Waals surface area contributed by atoms with E-state index in [4.69, 9.17) is 10.5 Å². The third-order valence-corrected chi connectivity index (χ3v) is 2.58. The van der Waals surface area contributed by atoms with Gasteiger partial charge in [-0.1, -0.05) is 12.1 Å². The van der Waals surface area contributed by atoms with E-state index in [2.05, 4.69) is 4.98 Å². The highest BCUT2D eigenvalue weighted by Crippen LogP contribution is 2.21. The van der Waals surface area contributed by atoms with Crippen LogP contribution in [0.1, 0.15) is 24.2 Å². The van der Waals surface area contributed by atoms with Crippen molar-refractivity contribution in [3.05, 3.63) is 59.7 Å². The fourth-order valence-corrected chi connectivity index (χ4v) is 1.55. The molecule has 3 nitrogen and oxygen atoms in total.